The monoisotopic (exact) mass is 564 g/mol. The van der Waals surface area contributed by atoms with Crippen LogP contribution in [0.15, 0.2) is 84.9 Å². The second-order valence-corrected chi connectivity index (χ2v) is 8.91. The van der Waals surface area contributed by atoms with Crippen molar-refractivity contribution in [3.8, 4) is 0 Å². The maximum atomic E-state index is 11.2. The van der Waals surface area contributed by atoms with Gasteiger partial charge < -0.3 is 4.79 Å². The van der Waals surface area contributed by atoms with Crippen molar-refractivity contribution in [1.82, 2.24) is 0 Å². The number of aldehydes is 1. The molecule has 0 spiro atoms. The van der Waals surface area contributed by atoms with Crippen LogP contribution in [0.1, 0.15) is 28.0 Å². The number of benzene rings is 3. The zero-order chi connectivity index (χ0) is 24.8. The Balaban J connectivity index is 0.000000278. The van der Waals surface area contributed by atoms with Crippen molar-refractivity contribution in [2.45, 2.75) is 16.1 Å². The molecule has 0 saturated carbocycles. The van der Waals surface area contributed by atoms with E-state index in [9.17, 15) is 14.4 Å². The van der Waals surface area contributed by atoms with Crippen molar-refractivity contribution in [1.29, 1.82) is 0 Å². The van der Waals surface area contributed by atoms with Crippen LogP contribution in [-0.2, 0) is 14.4 Å². The summed E-state index contributed by atoms with van der Waals surface area (Å²) in [5.41, 5.74) is 2.55. The summed E-state index contributed by atoms with van der Waals surface area (Å²) in [5.74, 6) is -0.283. The number of rotatable bonds is 6. The molecule has 0 aromatic heterocycles. The molecule has 0 heterocycles. The summed E-state index contributed by atoms with van der Waals surface area (Å²) in [7, 11) is 0. The average molecular weight is 567 g/mol. The van der Waals surface area contributed by atoms with Crippen LogP contribution >= 0.6 is 69.6 Å². The first-order valence-electron chi connectivity index (χ1n) is 9.29. The van der Waals surface area contributed by atoms with Crippen LogP contribution in [-0.4, -0.2) is 21.6 Å². The highest BCUT2D eigenvalue weighted by atomic mass is 35.5. The van der Waals surface area contributed by atoms with Crippen LogP contribution < -0.4 is 0 Å². The molecule has 3 aromatic rings. The SMILES string of the molecule is O=C(Cl)C(Cl)Cl.O=C(Cl)C(Cl)c1ccccc1.O=CC(c1ccccc1)c1ccccc1Cl. The zero-order valence-electron chi connectivity index (χ0n) is 16.9. The van der Waals surface area contributed by atoms with Crippen molar-refractivity contribution in [2.24, 2.45) is 0 Å². The van der Waals surface area contributed by atoms with Gasteiger partial charge in [0.1, 0.15) is 11.7 Å². The van der Waals surface area contributed by atoms with Gasteiger partial charge in [-0.05, 0) is 46.0 Å². The molecule has 0 radical (unpaired) electrons. The van der Waals surface area contributed by atoms with Crippen molar-refractivity contribution in [3.63, 3.8) is 0 Å². The molecule has 0 aliphatic rings. The highest BCUT2D eigenvalue weighted by Crippen LogP contribution is 2.28. The van der Waals surface area contributed by atoms with Gasteiger partial charge in [0.05, 0.1) is 5.92 Å². The maximum Gasteiger partial charge on any atom is 0.254 e. The second-order valence-electron chi connectivity index (χ2n) is 6.23. The van der Waals surface area contributed by atoms with E-state index >= 15 is 0 Å². The van der Waals surface area contributed by atoms with Crippen LogP contribution in [0.3, 0.4) is 0 Å². The number of alkyl halides is 3. The van der Waals surface area contributed by atoms with Gasteiger partial charge in [-0.2, -0.15) is 0 Å². The molecule has 9 heteroatoms. The number of halogens is 6. The van der Waals surface area contributed by atoms with E-state index in [2.05, 4.69) is 0 Å². The predicted molar refractivity (Wildman–Crippen MR) is 138 cm³/mol. The number of carbonyl (C=O) groups excluding carboxylic acids is 3. The van der Waals surface area contributed by atoms with Gasteiger partial charge in [-0.25, -0.2) is 0 Å². The molecule has 2 unspecified atom stereocenters. The molecule has 0 aliphatic heterocycles. The Kier molecular flexibility index (Phi) is 14.4. The standard InChI is InChI=1S/C14H11ClO.C8H6Cl2O.C2HCl3O/c15-14-9-5-4-8-12(14)13(10-16)11-6-2-1-3-7-11;9-7(8(10)11)6-4-2-1-3-5-6;3-1(4)2(5)6/h1-10,13H;1-5,7H;1H. The Hall–Kier alpha value is -1.59. The van der Waals surface area contributed by atoms with Gasteiger partial charge in [-0.15, -0.1) is 11.6 Å². The van der Waals surface area contributed by atoms with Crippen molar-refractivity contribution >= 4 is 86.4 Å². The fraction of sp³-hybridized carbons (Fsp3) is 0.125. The van der Waals surface area contributed by atoms with Gasteiger partial charge in [-0.3, -0.25) is 9.59 Å². The summed E-state index contributed by atoms with van der Waals surface area (Å²) in [6.45, 7) is 0. The minimum absolute atomic E-state index is 0.283. The van der Waals surface area contributed by atoms with E-state index in [4.69, 9.17) is 69.6 Å². The molecule has 174 valence electrons. The van der Waals surface area contributed by atoms with Crippen molar-refractivity contribution in [3.05, 3.63) is 107 Å². The van der Waals surface area contributed by atoms with Crippen molar-refractivity contribution < 1.29 is 14.4 Å². The predicted octanol–water partition coefficient (Wildman–Crippen LogP) is 7.96. The molecule has 0 bridgehead atoms. The molecular formula is C24H18Cl6O3. The summed E-state index contributed by atoms with van der Waals surface area (Å²) in [4.78, 5) is 30.3. The van der Waals surface area contributed by atoms with Crippen LogP contribution in [0.2, 0.25) is 5.02 Å². The lowest BCUT2D eigenvalue weighted by Crippen LogP contribution is -2.02. The Morgan fingerprint density at radius 2 is 1.09 bits per heavy atom. The van der Waals surface area contributed by atoms with E-state index in [0.29, 0.717) is 5.02 Å². The Labute approximate surface area is 222 Å². The van der Waals surface area contributed by atoms with Gasteiger partial charge in [-0.1, -0.05) is 114 Å². The molecule has 0 fully saturated rings. The van der Waals surface area contributed by atoms with Gasteiger partial charge in [0, 0.05) is 5.02 Å². The van der Waals surface area contributed by atoms with E-state index < -0.39 is 20.7 Å². The summed E-state index contributed by atoms with van der Waals surface area (Å²) in [6.07, 6.45) is 0.927. The summed E-state index contributed by atoms with van der Waals surface area (Å²) >= 11 is 31.4. The van der Waals surface area contributed by atoms with E-state index in [1.165, 1.54) is 0 Å². The van der Waals surface area contributed by atoms with Crippen molar-refractivity contribution in [2.75, 3.05) is 0 Å². The second kappa shape index (κ2) is 16.1. The lowest BCUT2D eigenvalue weighted by molar-refractivity contribution is -0.111. The lowest BCUT2D eigenvalue weighted by Gasteiger charge is -2.12. The lowest BCUT2D eigenvalue weighted by atomic mass is 9.93. The van der Waals surface area contributed by atoms with Gasteiger partial charge in [0.2, 0.25) is 5.24 Å². The zero-order valence-corrected chi connectivity index (χ0v) is 21.4. The number of carbonyl (C=O) groups is 3. The molecule has 0 N–H and O–H groups in total. The molecule has 3 nitrogen and oxygen atoms in total. The van der Waals surface area contributed by atoms with E-state index in [-0.39, 0.29) is 5.92 Å². The molecule has 0 amide bonds. The smallest absolute Gasteiger partial charge is 0.254 e. The first-order chi connectivity index (χ1) is 15.7. The Morgan fingerprint density at radius 1 is 0.667 bits per heavy atom. The highest BCUT2D eigenvalue weighted by Gasteiger charge is 2.15. The van der Waals surface area contributed by atoms with E-state index in [0.717, 1.165) is 23.0 Å². The Bertz CT molecular complexity index is 1010. The first-order valence-corrected chi connectivity index (χ1v) is 11.7. The summed E-state index contributed by atoms with van der Waals surface area (Å²) in [6, 6.07) is 26.1. The van der Waals surface area contributed by atoms with Crippen LogP contribution in [0, 0.1) is 0 Å². The normalized spacial score (nSPS) is 11.7. The largest absolute Gasteiger partial charge is 0.302 e. The topological polar surface area (TPSA) is 51.2 Å². The molecular weight excluding hydrogens is 549 g/mol. The molecule has 0 saturated heterocycles. The fourth-order valence-electron chi connectivity index (χ4n) is 2.47. The molecule has 3 rings (SSSR count). The third-order valence-corrected chi connectivity index (χ3v) is 5.96. The summed E-state index contributed by atoms with van der Waals surface area (Å²) < 4.78 is 0. The van der Waals surface area contributed by atoms with Crippen LogP contribution in [0.4, 0.5) is 0 Å². The minimum Gasteiger partial charge on any atom is -0.302 e. The third kappa shape index (κ3) is 10.9. The minimum atomic E-state index is -1.08. The maximum absolute atomic E-state index is 11.2. The first kappa shape index (κ1) is 29.4. The molecule has 3 aromatic carbocycles. The van der Waals surface area contributed by atoms with E-state index in [1.54, 1.807) is 18.2 Å². The van der Waals surface area contributed by atoms with E-state index in [1.807, 2.05) is 66.7 Å². The molecule has 2 atom stereocenters. The van der Waals surface area contributed by atoms with Gasteiger partial charge in [0.25, 0.3) is 5.24 Å². The Morgan fingerprint density at radius 3 is 1.48 bits per heavy atom. The fourth-order valence-corrected chi connectivity index (χ4v) is 3.00. The number of hydrogen-bond acceptors (Lipinski definition) is 3. The average Bonchev–Trinajstić information content (AvgIpc) is 2.82. The van der Waals surface area contributed by atoms with Gasteiger partial charge >= 0.3 is 0 Å². The molecule has 33 heavy (non-hydrogen) atoms. The van der Waals surface area contributed by atoms with Crippen LogP contribution in [0.5, 0.6) is 0 Å². The third-order valence-electron chi connectivity index (χ3n) is 4.00. The quantitative estimate of drug-likeness (QED) is 0.173. The summed E-state index contributed by atoms with van der Waals surface area (Å²) in [5, 5.41) is -1.38. The van der Waals surface area contributed by atoms with Crippen LogP contribution in [0.25, 0.3) is 0 Å². The highest BCUT2D eigenvalue weighted by molar-refractivity contribution is 6.75. The molecule has 0 aliphatic carbocycles. The van der Waals surface area contributed by atoms with Gasteiger partial charge in [0.15, 0.2) is 4.84 Å². The number of hydrogen-bond donors (Lipinski definition) is 0.